The molecule has 1 fully saturated rings. The maximum absolute atomic E-state index is 13.2. The molecule has 7 heteroatoms. The fraction of sp³-hybridized carbons (Fsp3) is 0.214. The first-order valence-electron chi connectivity index (χ1n) is 11.6. The van der Waals surface area contributed by atoms with Gasteiger partial charge in [0.15, 0.2) is 16.7 Å². The standard InChI is InChI=1S/C28H27ClN2O3S/c1-3-16-31-27(32)26(35-28(31)30-23-13-11-22(29)12-14-23)18-21-10-15-24(25(17-21)33-4-2)34-19-20-8-6-5-7-9-20/h5-15,17-18H,3-4,16,19H2,1-2H3/b26-18-,30-28?. The van der Waals surface area contributed by atoms with Crippen LogP contribution in [-0.4, -0.2) is 29.1 Å². The number of carbonyl (C=O) groups excluding carboxylic acids is 1. The number of ether oxygens (including phenoxy) is 2. The van der Waals surface area contributed by atoms with Gasteiger partial charge in [-0.3, -0.25) is 9.69 Å². The fourth-order valence-electron chi connectivity index (χ4n) is 3.53. The lowest BCUT2D eigenvalue weighted by atomic mass is 10.1. The molecule has 3 aromatic rings. The first kappa shape index (κ1) is 24.9. The van der Waals surface area contributed by atoms with Crippen LogP contribution in [0.1, 0.15) is 31.4 Å². The largest absolute Gasteiger partial charge is 0.490 e. The van der Waals surface area contributed by atoms with Gasteiger partial charge in [0.1, 0.15) is 6.61 Å². The molecule has 1 saturated heterocycles. The number of hydrogen-bond acceptors (Lipinski definition) is 5. The zero-order chi connectivity index (χ0) is 24.6. The minimum Gasteiger partial charge on any atom is -0.490 e. The summed E-state index contributed by atoms with van der Waals surface area (Å²) in [6, 6.07) is 23.0. The average molecular weight is 507 g/mol. The molecule has 5 nitrogen and oxygen atoms in total. The summed E-state index contributed by atoms with van der Waals surface area (Å²) in [5.41, 5.74) is 2.70. The number of halogens is 1. The van der Waals surface area contributed by atoms with E-state index in [-0.39, 0.29) is 5.91 Å². The summed E-state index contributed by atoms with van der Waals surface area (Å²) in [5.74, 6) is 1.27. The lowest BCUT2D eigenvalue weighted by Gasteiger charge is -2.14. The van der Waals surface area contributed by atoms with Gasteiger partial charge < -0.3 is 9.47 Å². The van der Waals surface area contributed by atoms with Crippen molar-refractivity contribution in [2.24, 2.45) is 4.99 Å². The number of amidine groups is 1. The lowest BCUT2D eigenvalue weighted by molar-refractivity contribution is -0.122. The van der Waals surface area contributed by atoms with Crippen molar-refractivity contribution in [1.29, 1.82) is 0 Å². The number of hydrogen-bond donors (Lipinski definition) is 0. The summed E-state index contributed by atoms with van der Waals surface area (Å²) >= 11 is 7.37. The average Bonchev–Trinajstić information content (AvgIpc) is 3.15. The topological polar surface area (TPSA) is 51.1 Å². The Morgan fingerprint density at radius 2 is 1.74 bits per heavy atom. The molecule has 0 atom stereocenters. The molecule has 1 amide bonds. The second-order valence-corrected chi connectivity index (χ2v) is 9.30. The van der Waals surface area contributed by atoms with Crippen LogP contribution in [-0.2, 0) is 11.4 Å². The van der Waals surface area contributed by atoms with Gasteiger partial charge in [0, 0.05) is 11.6 Å². The SMILES string of the molecule is CCCN1C(=O)/C(=C/c2ccc(OCc3ccccc3)c(OCC)c2)SC1=Nc1ccc(Cl)cc1. The number of nitrogens with zero attached hydrogens (tertiary/aromatic N) is 2. The van der Waals surface area contributed by atoms with Crippen LogP contribution in [0.3, 0.4) is 0 Å². The number of aliphatic imine (C=N–C) groups is 1. The van der Waals surface area contributed by atoms with Gasteiger partial charge in [0.05, 0.1) is 17.2 Å². The predicted molar refractivity (Wildman–Crippen MR) is 145 cm³/mol. The highest BCUT2D eigenvalue weighted by Gasteiger charge is 2.32. The van der Waals surface area contributed by atoms with Crippen LogP contribution in [0.4, 0.5) is 5.69 Å². The minimum atomic E-state index is -0.0491. The molecule has 1 aliphatic rings. The highest BCUT2D eigenvalue weighted by Crippen LogP contribution is 2.36. The van der Waals surface area contributed by atoms with E-state index in [1.165, 1.54) is 11.8 Å². The van der Waals surface area contributed by atoms with Gasteiger partial charge in [-0.25, -0.2) is 4.99 Å². The van der Waals surface area contributed by atoms with E-state index in [4.69, 9.17) is 26.1 Å². The van der Waals surface area contributed by atoms with E-state index in [9.17, 15) is 4.79 Å². The van der Waals surface area contributed by atoms with Crippen molar-refractivity contribution in [3.05, 3.63) is 93.9 Å². The molecule has 0 spiro atoms. The third-order valence-electron chi connectivity index (χ3n) is 5.19. The predicted octanol–water partition coefficient (Wildman–Crippen LogP) is 7.33. The van der Waals surface area contributed by atoms with Crippen molar-refractivity contribution >= 4 is 46.2 Å². The van der Waals surface area contributed by atoms with Crippen molar-refractivity contribution in [3.8, 4) is 11.5 Å². The van der Waals surface area contributed by atoms with E-state index in [1.54, 1.807) is 17.0 Å². The lowest BCUT2D eigenvalue weighted by Crippen LogP contribution is -2.29. The third kappa shape index (κ3) is 6.47. The van der Waals surface area contributed by atoms with E-state index < -0.39 is 0 Å². The molecule has 1 heterocycles. The zero-order valence-corrected chi connectivity index (χ0v) is 21.3. The second kappa shape index (κ2) is 12.0. The molecular formula is C28H27ClN2O3S. The number of rotatable bonds is 9. The fourth-order valence-corrected chi connectivity index (χ4v) is 4.68. The van der Waals surface area contributed by atoms with E-state index in [1.807, 2.05) is 80.6 Å². The van der Waals surface area contributed by atoms with Crippen LogP contribution >= 0.6 is 23.4 Å². The highest BCUT2D eigenvalue weighted by atomic mass is 35.5. The summed E-state index contributed by atoms with van der Waals surface area (Å²) in [5, 5.41) is 1.31. The van der Waals surface area contributed by atoms with E-state index in [2.05, 4.69) is 0 Å². The van der Waals surface area contributed by atoms with Crippen molar-refractivity contribution in [3.63, 3.8) is 0 Å². The number of thioether (sulfide) groups is 1. The minimum absolute atomic E-state index is 0.0491. The molecule has 0 bridgehead atoms. The first-order chi connectivity index (χ1) is 17.1. The second-order valence-electron chi connectivity index (χ2n) is 7.85. The van der Waals surface area contributed by atoms with Crippen LogP contribution in [0.25, 0.3) is 6.08 Å². The van der Waals surface area contributed by atoms with Crippen molar-refractivity contribution < 1.29 is 14.3 Å². The molecule has 0 radical (unpaired) electrons. The maximum atomic E-state index is 13.2. The Morgan fingerprint density at radius 1 is 0.971 bits per heavy atom. The molecule has 1 aliphatic heterocycles. The van der Waals surface area contributed by atoms with Gasteiger partial charge in [-0.05, 0) is 78.7 Å². The Hall–Kier alpha value is -3.22. The van der Waals surface area contributed by atoms with Gasteiger partial charge in [0.25, 0.3) is 5.91 Å². The van der Waals surface area contributed by atoms with Gasteiger partial charge in [0.2, 0.25) is 0 Å². The van der Waals surface area contributed by atoms with Gasteiger partial charge in [-0.1, -0.05) is 54.9 Å². The van der Waals surface area contributed by atoms with Crippen LogP contribution in [0.2, 0.25) is 5.02 Å². The Morgan fingerprint density at radius 3 is 2.46 bits per heavy atom. The van der Waals surface area contributed by atoms with Crippen LogP contribution in [0, 0.1) is 0 Å². The Labute approximate surface area is 215 Å². The smallest absolute Gasteiger partial charge is 0.266 e. The van der Waals surface area contributed by atoms with Gasteiger partial charge in [-0.2, -0.15) is 0 Å². The van der Waals surface area contributed by atoms with Crippen LogP contribution in [0.15, 0.2) is 82.7 Å². The number of carbonyl (C=O) groups is 1. The number of amides is 1. The van der Waals surface area contributed by atoms with Crippen LogP contribution in [0.5, 0.6) is 11.5 Å². The molecule has 4 rings (SSSR count). The molecule has 0 aliphatic carbocycles. The molecule has 3 aromatic carbocycles. The van der Waals surface area contributed by atoms with Gasteiger partial charge in [-0.15, -0.1) is 0 Å². The quantitative estimate of drug-likeness (QED) is 0.285. The summed E-state index contributed by atoms with van der Waals surface area (Å²) in [6.07, 6.45) is 2.71. The first-order valence-corrected chi connectivity index (χ1v) is 12.8. The normalized spacial score (nSPS) is 15.7. The Kier molecular flexibility index (Phi) is 8.50. The molecule has 35 heavy (non-hydrogen) atoms. The van der Waals surface area contributed by atoms with E-state index in [0.29, 0.717) is 46.4 Å². The van der Waals surface area contributed by atoms with Crippen molar-refractivity contribution in [2.75, 3.05) is 13.2 Å². The molecule has 0 N–H and O–H groups in total. The molecule has 0 unspecified atom stereocenters. The summed E-state index contributed by atoms with van der Waals surface area (Å²) in [4.78, 5) is 20.2. The monoisotopic (exact) mass is 506 g/mol. The van der Waals surface area contributed by atoms with Crippen molar-refractivity contribution in [1.82, 2.24) is 4.90 Å². The Bertz CT molecular complexity index is 1230. The molecule has 0 aromatic heterocycles. The highest BCUT2D eigenvalue weighted by molar-refractivity contribution is 8.18. The van der Waals surface area contributed by atoms with Gasteiger partial charge >= 0.3 is 0 Å². The molecule has 180 valence electrons. The summed E-state index contributed by atoms with van der Waals surface area (Å²) < 4.78 is 11.8. The van der Waals surface area contributed by atoms with Crippen LogP contribution < -0.4 is 9.47 Å². The molecular weight excluding hydrogens is 480 g/mol. The maximum Gasteiger partial charge on any atom is 0.266 e. The number of benzene rings is 3. The third-order valence-corrected chi connectivity index (χ3v) is 6.45. The summed E-state index contributed by atoms with van der Waals surface area (Å²) in [7, 11) is 0. The zero-order valence-electron chi connectivity index (χ0n) is 19.7. The summed E-state index contributed by atoms with van der Waals surface area (Å²) in [6.45, 7) is 5.54. The van der Waals surface area contributed by atoms with E-state index in [0.717, 1.165) is 23.2 Å². The van der Waals surface area contributed by atoms with E-state index >= 15 is 0 Å². The Balaban J connectivity index is 1.57. The molecule has 0 saturated carbocycles. The van der Waals surface area contributed by atoms with Crippen molar-refractivity contribution in [2.45, 2.75) is 26.9 Å².